The number of hydrogen-bond acceptors (Lipinski definition) is 7. The van der Waals surface area contributed by atoms with E-state index >= 15 is 0 Å². The second-order valence-corrected chi connectivity index (χ2v) is 9.12. The molecule has 1 aliphatic heterocycles. The Labute approximate surface area is 222 Å². The van der Waals surface area contributed by atoms with E-state index in [1.54, 1.807) is 0 Å². The molecule has 7 heteroatoms. The Morgan fingerprint density at radius 3 is 1.76 bits per heavy atom. The molecule has 0 saturated carbocycles. The zero-order valence-corrected chi connectivity index (χ0v) is 21.2. The van der Waals surface area contributed by atoms with Crippen LogP contribution in [-0.4, -0.2) is 47.3 Å². The molecule has 3 aromatic rings. The highest BCUT2D eigenvalue weighted by Crippen LogP contribution is 2.31. The molecule has 0 unspecified atom stereocenters. The lowest BCUT2D eigenvalue weighted by Gasteiger charge is -2.25. The first-order chi connectivity index (χ1) is 18.2. The van der Waals surface area contributed by atoms with Gasteiger partial charge in [-0.15, -0.1) is 0 Å². The van der Waals surface area contributed by atoms with Crippen molar-refractivity contribution in [2.45, 2.75) is 44.2 Å². The molecule has 0 amide bonds. The molecule has 1 aliphatic rings. The standard InChI is InChI=1S/C30H30O6S/c31-16-25(17-32)30(37)29-28(35-20-24-14-8-3-9-15-24)27(34-19-23-12-6-2-7-13-23)26(36-29)21-33-18-22-10-4-1-5-11-22/h1-17,26-29,31H,18-21H2/b25-16-/t26-,27-,28-,29-/m1/s1. The van der Waals surface area contributed by atoms with Crippen LogP contribution in [0.5, 0.6) is 0 Å². The molecule has 0 spiro atoms. The smallest absolute Gasteiger partial charge is 0.154 e. The van der Waals surface area contributed by atoms with Crippen molar-refractivity contribution >= 4 is 23.4 Å². The van der Waals surface area contributed by atoms with Gasteiger partial charge in [-0.25, -0.2) is 0 Å². The predicted molar refractivity (Wildman–Crippen MR) is 144 cm³/mol. The van der Waals surface area contributed by atoms with Gasteiger partial charge in [0.1, 0.15) is 24.4 Å². The summed E-state index contributed by atoms with van der Waals surface area (Å²) < 4.78 is 25.0. The summed E-state index contributed by atoms with van der Waals surface area (Å²) in [6.07, 6.45) is -1.24. The van der Waals surface area contributed by atoms with E-state index in [0.717, 1.165) is 16.7 Å². The number of ether oxygens (including phenoxy) is 4. The molecule has 4 atom stereocenters. The Morgan fingerprint density at radius 1 is 0.784 bits per heavy atom. The van der Waals surface area contributed by atoms with Crippen LogP contribution in [0.1, 0.15) is 16.7 Å². The summed E-state index contributed by atoms with van der Waals surface area (Å²) in [5.41, 5.74) is 2.99. The van der Waals surface area contributed by atoms with Gasteiger partial charge in [0.2, 0.25) is 0 Å². The number of carbonyl (C=O) groups is 1. The van der Waals surface area contributed by atoms with E-state index in [-0.39, 0.29) is 17.0 Å². The number of aliphatic hydroxyl groups is 1. The van der Waals surface area contributed by atoms with E-state index in [2.05, 4.69) is 0 Å². The van der Waals surface area contributed by atoms with Gasteiger partial charge in [-0.3, -0.25) is 4.79 Å². The summed E-state index contributed by atoms with van der Waals surface area (Å²) >= 11 is 5.55. The van der Waals surface area contributed by atoms with Crippen molar-refractivity contribution < 1.29 is 28.8 Å². The van der Waals surface area contributed by atoms with Crippen molar-refractivity contribution in [1.29, 1.82) is 0 Å². The van der Waals surface area contributed by atoms with Crippen molar-refractivity contribution in [3.8, 4) is 0 Å². The number of thiocarbonyl (C=S) groups is 1. The number of carbonyl (C=O) groups excluding carboxylic acids is 1. The molecule has 37 heavy (non-hydrogen) atoms. The SMILES string of the molecule is O=C/C(=C/O)C(=S)[C@@H]1O[C@H](COCc2ccccc2)[C@@H](OCc2ccccc2)[C@H]1OCc1ccccc1. The summed E-state index contributed by atoms with van der Waals surface area (Å²) in [6.45, 7) is 1.28. The van der Waals surface area contributed by atoms with Crippen LogP contribution in [0.3, 0.4) is 0 Å². The van der Waals surface area contributed by atoms with Crippen LogP contribution in [0.15, 0.2) is 103 Å². The van der Waals surface area contributed by atoms with Crippen molar-refractivity contribution in [2.24, 2.45) is 0 Å². The minimum Gasteiger partial charge on any atom is -0.515 e. The number of aliphatic hydroxyl groups excluding tert-OH is 1. The Bertz CT molecular complexity index is 1150. The van der Waals surface area contributed by atoms with E-state index in [1.165, 1.54) is 0 Å². The highest BCUT2D eigenvalue weighted by molar-refractivity contribution is 7.81. The van der Waals surface area contributed by atoms with Gasteiger partial charge in [0.25, 0.3) is 0 Å². The van der Waals surface area contributed by atoms with E-state index in [1.807, 2.05) is 91.0 Å². The maximum Gasteiger partial charge on any atom is 0.154 e. The normalized spacial score (nSPS) is 21.6. The van der Waals surface area contributed by atoms with Gasteiger partial charge in [-0.05, 0) is 16.7 Å². The molecule has 1 heterocycles. The molecule has 0 radical (unpaired) electrons. The number of benzene rings is 3. The average Bonchev–Trinajstić information content (AvgIpc) is 3.30. The van der Waals surface area contributed by atoms with Gasteiger partial charge in [-0.2, -0.15) is 0 Å². The first-order valence-corrected chi connectivity index (χ1v) is 12.5. The highest BCUT2D eigenvalue weighted by atomic mass is 32.1. The van der Waals surface area contributed by atoms with Gasteiger partial charge < -0.3 is 24.1 Å². The number of aldehydes is 1. The Hall–Kier alpha value is -3.20. The molecule has 0 aromatic heterocycles. The molecule has 1 saturated heterocycles. The molecule has 1 fully saturated rings. The summed E-state index contributed by atoms with van der Waals surface area (Å²) in [7, 11) is 0. The van der Waals surface area contributed by atoms with Crippen molar-refractivity contribution in [1.82, 2.24) is 0 Å². The van der Waals surface area contributed by atoms with Crippen LogP contribution < -0.4 is 0 Å². The zero-order valence-electron chi connectivity index (χ0n) is 20.3. The maximum absolute atomic E-state index is 11.6. The molecule has 6 nitrogen and oxygen atoms in total. The van der Waals surface area contributed by atoms with Crippen LogP contribution in [0, 0.1) is 0 Å². The molecule has 0 bridgehead atoms. The molecular weight excluding hydrogens is 488 g/mol. The van der Waals surface area contributed by atoms with E-state index < -0.39 is 24.4 Å². The summed E-state index contributed by atoms with van der Waals surface area (Å²) in [4.78, 5) is 11.7. The van der Waals surface area contributed by atoms with Crippen LogP contribution >= 0.6 is 12.2 Å². The van der Waals surface area contributed by atoms with Crippen LogP contribution in [0.4, 0.5) is 0 Å². The fraction of sp³-hybridized carbons (Fsp3) is 0.267. The lowest BCUT2D eigenvalue weighted by atomic mass is 10.0. The van der Waals surface area contributed by atoms with Gasteiger partial charge in [0, 0.05) is 0 Å². The van der Waals surface area contributed by atoms with Gasteiger partial charge in [-0.1, -0.05) is 103 Å². The van der Waals surface area contributed by atoms with Gasteiger partial charge in [0.05, 0.1) is 43.1 Å². The third-order valence-corrected chi connectivity index (χ3v) is 6.55. The van der Waals surface area contributed by atoms with Crippen LogP contribution in [0.2, 0.25) is 0 Å². The highest BCUT2D eigenvalue weighted by Gasteiger charge is 2.48. The zero-order chi connectivity index (χ0) is 25.9. The van der Waals surface area contributed by atoms with Gasteiger partial charge in [0.15, 0.2) is 6.29 Å². The second-order valence-electron chi connectivity index (χ2n) is 8.68. The Morgan fingerprint density at radius 2 is 1.27 bits per heavy atom. The van der Waals surface area contributed by atoms with Crippen molar-refractivity contribution in [2.75, 3.05) is 6.61 Å². The summed E-state index contributed by atoms with van der Waals surface area (Å²) in [6, 6.07) is 29.4. The molecule has 0 aliphatic carbocycles. The van der Waals surface area contributed by atoms with Crippen molar-refractivity contribution in [3.05, 3.63) is 120 Å². The first-order valence-electron chi connectivity index (χ1n) is 12.1. The minimum atomic E-state index is -0.784. The Kier molecular flexibility index (Phi) is 10.1. The first kappa shape index (κ1) is 26.9. The predicted octanol–water partition coefficient (Wildman–Crippen LogP) is 5.15. The fourth-order valence-electron chi connectivity index (χ4n) is 4.17. The lowest BCUT2D eigenvalue weighted by molar-refractivity contribution is -0.104. The largest absolute Gasteiger partial charge is 0.515 e. The van der Waals surface area contributed by atoms with Crippen molar-refractivity contribution in [3.63, 3.8) is 0 Å². The lowest BCUT2D eigenvalue weighted by Crippen LogP contribution is -2.41. The topological polar surface area (TPSA) is 74.2 Å². The quantitative estimate of drug-likeness (QED) is 0.145. The van der Waals surface area contributed by atoms with E-state index in [4.69, 9.17) is 31.2 Å². The molecular formula is C30H30O6S. The van der Waals surface area contributed by atoms with E-state index in [9.17, 15) is 9.90 Å². The monoisotopic (exact) mass is 518 g/mol. The van der Waals surface area contributed by atoms with Crippen LogP contribution in [-0.2, 0) is 43.6 Å². The third-order valence-electron chi connectivity index (χ3n) is 6.08. The summed E-state index contributed by atoms with van der Waals surface area (Å²) in [5, 5.41) is 9.57. The number of rotatable bonds is 13. The molecule has 4 rings (SSSR count). The number of hydrogen-bond donors (Lipinski definition) is 1. The maximum atomic E-state index is 11.6. The Balaban J connectivity index is 1.55. The molecule has 1 N–H and O–H groups in total. The average molecular weight is 519 g/mol. The molecule has 3 aromatic carbocycles. The third kappa shape index (κ3) is 7.41. The van der Waals surface area contributed by atoms with Gasteiger partial charge >= 0.3 is 0 Å². The fourth-order valence-corrected chi connectivity index (χ4v) is 4.46. The second kappa shape index (κ2) is 13.9. The van der Waals surface area contributed by atoms with E-state index in [0.29, 0.717) is 32.4 Å². The van der Waals surface area contributed by atoms with Crippen LogP contribution in [0.25, 0.3) is 0 Å². The summed E-state index contributed by atoms with van der Waals surface area (Å²) in [5.74, 6) is 0. The minimum absolute atomic E-state index is 0.0269. The molecule has 192 valence electrons.